The van der Waals surface area contributed by atoms with Gasteiger partial charge in [0.05, 0.1) is 0 Å². The lowest BCUT2D eigenvalue weighted by Crippen LogP contribution is -2.35. The summed E-state index contributed by atoms with van der Waals surface area (Å²) in [6, 6.07) is 10.4. The van der Waals surface area contributed by atoms with E-state index in [0.717, 1.165) is 32.5 Å². The molecule has 2 unspecified atom stereocenters. The molecule has 0 radical (unpaired) electrons. The van der Waals surface area contributed by atoms with Crippen LogP contribution in [0.15, 0.2) is 30.3 Å². The van der Waals surface area contributed by atoms with Gasteiger partial charge in [-0.15, -0.1) is 0 Å². The van der Waals surface area contributed by atoms with Gasteiger partial charge in [-0.1, -0.05) is 37.3 Å². The van der Waals surface area contributed by atoms with Crippen LogP contribution in [0.25, 0.3) is 0 Å². The number of amides is 1. The summed E-state index contributed by atoms with van der Waals surface area (Å²) in [7, 11) is 0. The van der Waals surface area contributed by atoms with Gasteiger partial charge in [-0.05, 0) is 56.2 Å². The predicted molar refractivity (Wildman–Crippen MR) is 87.1 cm³/mol. The fraction of sp³-hybridized carbons (Fsp3) is 0.611. The lowest BCUT2D eigenvalue weighted by molar-refractivity contribution is -0.122. The summed E-state index contributed by atoms with van der Waals surface area (Å²) in [6.07, 6.45) is 5.21. The summed E-state index contributed by atoms with van der Waals surface area (Å²) in [6.45, 7) is 5.20. The number of aryl methyl sites for hydroxylation is 1. The molecule has 21 heavy (non-hydrogen) atoms. The average Bonchev–Trinajstić information content (AvgIpc) is 2.53. The van der Waals surface area contributed by atoms with Crippen LogP contribution in [-0.2, 0) is 11.2 Å². The first-order valence-electron chi connectivity index (χ1n) is 8.27. The Morgan fingerprint density at radius 2 is 2.19 bits per heavy atom. The maximum atomic E-state index is 12.0. The summed E-state index contributed by atoms with van der Waals surface area (Å²) in [4.78, 5) is 12.0. The van der Waals surface area contributed by atoms with Gasteiger partial charge in [-0.3, -0.25) is 4.79 Å². The second-order valence-electron chi connectivity index (χ2n) is 6.23. The zero-order chi connectivity index (χ0) is 14.9. The number of piperidine rings is 1. The number of hydrogen-bond donors (Lipinski definition) is 2. The maximum absolute atomic E-state index is 12.0. The molecular weight excluding hydrogens is 260 g/mol. The molecule has 1 aromatic rings. The molecular formula is C18H28N2O. The Kier molecular flexibility index (Phi) is 6.74. The van der Waals surface area contributed by atoms with E-state index in [4.69, 9.17) is 0 Å². The van der Waals surface area contributed by atoms with Gasteiger partial charge in [0.15, 0.2) is 0 Å². The third-order valence-electron chi connectivity index (χ3n) is 4.45. The van der Waals surface area contributed by atoms with Crippen LogP contribution in [0.4, 0.5) is 0 Å². The van der Waals surface area contributed by atoms with Crippen LogP contribution in [0.3, 0.4) is 0 Å². The van der Waals surface area contributed by atoms with E-state index in [1.165, 1.54) is 18.4 Å². The van der Waals surface area contributed by atoms with Gasteiger partial charge in [0.2, 0.25) is 5.91 Å². The van der Waals surface area contributed by atoms with Gasteiger partial charge in [-0.25, -0.2) is 0 Å². The Balaban J connectivity index is 1.58. The Morgan fingerprint density at radius 3 is 2.90 bits per heavy atom. The second-order valence-corrected chi connectivity index (χ2v) is 6.23. The van der Waals surface area contributed by atoms with Crippen molar-refractivity contribution in [1.82, 2.24) is 10.6 Å². The summed E-state index contributed by atoms with van der Waals surface area (Å²) in [5, 5.41) is 6.49. The van der Waals surface area contributed by atoms with Crippen molar-refractivity contribution in [3.05, 3.63) is 35.9 Å². The van der Waals surface area contributed by atoms with Crippen LogP contribution in [0, 0.1) is 11.8 Å². The fourth-order valence-electron chi connectivity index (χ4n) is 3.06. The largest absolute Gasteiger partial charge is 0.356 e. The summed E-state index contributed by atoms with van der Waals surface area (Å²) < 4.78 is 0. The predicted octanol–water partition coefficient (Wildman–Crippen LogP) is 2.76. The van der Waals surface area contributed by atoms with Crippen molar-refractivity contribution in [1.29, 1.82) is 0 Å². The van der Waals surface area contributed by atoms with Crippen LogP contribution in [0.2, 0.25) is 0 Å². The minimum Gasteiger partial charge on any atom is -0.356 e. The molecule has 1 aromatic carbocycles. The minimum absolute atomic E-state index is 0.209. The molecule has 1 aliphatic rings. The van der Waals surface area contributed by atoms with Crippen LogP contribution >= 0.6 is 0 Å². The molecule has 116 valence electrons. The first-order chi connectivity index (χ1) is 10.3. The van der Waals surface area contributed by atoms with E-state index in [1.807, 2.05) is 6.07 Å². The van der Waals surface area contributed by atoms with Crippen LogP contribution in [-0.4, -0.2) is 25.5 Å². The van der Waals surface area contributed by atoms with Crippen molar-refractivity contribution in [2.45, 2.75) is 39.0 Å². The smallest absolute Gasteiger partial charge is 0.220 e. The van der Waals surface area contributed by atoms with E-state index in [0.29, 0.717) is 18.3 Å². The van der Waals surface area contributed by atoms with E-state index in [2.05, 4.69) is 41.8 Å². The van der Waals surface area contributed by atoms with Crippen LogP contribution in [0.1, 0.15) is 38.2 Å². The monoisotopic (exact) mass is 288 g/mol. The summed E-state index contributed by atoms with van der Waals surface area (Å²) in [5.41, 5.74) is 1.34. The molecule has 1 amide bonds. The number of rotatable bonds is 7. The van der Waals surface area contributed by atoms with E-state index in [9.17, 15) is 4.79 Å². The highest BCUT2D eigenvalue weighted by Crippen LogP contribution is 2.22. The number of hydrogen-bond acceptors (Lipinski definition) is 2. The number of carbonyl (C=O) groups excluding carboxylic acids is 1. The molecule has 0 saturated carbocycles. The molecule has 0 aromatic heterocycles. The number of carbonyl (C=O) groups is 1. The van der Waals surface area contributed by atoms with E-state index >= 15 is 0 Å². The summed E-state index contributed by atoms with van der Waals surface area (Å²) in [5.74, 6) is 1.35. The molecule has 2 rings (SSSR count). The maximum Gasteiger partial charge on any atom is 0.220 e. The van der Waals surface area contributed by atoms with Crippen molar-refractivity contribution in [2.24, 2.45) is 11.8 Å². The van der Waals surface area contributed by atoms with E-state index < -0.39 is 0 Å². The van der Waals surface area contributed by atoms with Gasteiger partial charge >= 0.3 is 0 Å². The lowest BCUT2D eigenvalue weighted by Gasteiger charge is -2.28. The van der Waals surface area contributed by atoms with E-state index in [1.54, 1.807) is 0 Å². The summed E-state index contributed by atoms with van der Waals surface area (Å²) >= 11 is 0. The van der Waals surface area contributed by atoms with E-state index in [-0.39, 0.29) is 5.91 Å². The average molecular weight is 288 g/mol. The highest BCUT2D eigenvalue weighted by molar-refractivity contribution is 5.76. The van der Waals surface area contributed by atoms with Crippen molar-refractivity contribution in [2.75, 3.05) is 19.6 Å². The van der Waals surface area contributed by atoms with Gasteiger partial charge in [0.25, 0.3) is 0 Å². The van der Waals surface area contributed by atoms with Crippen molar-refractivity contribution >= 4 is 5.91 Å². The Morgan fingerprint density at radius 1 is 1.38 bits per heavy atom. The van der Waals surface area contributed by atoms with Crippen LogP contribution < -0.4 is 10.6 Å². The van der Waals surface area contributed by atoms with Gasteiger partial charge in [0.1, 0.15) is 0 Å². The van der Waals surface area contributed by atoms with Gasteiger partial charge in [0, 0.05) is 13.0 Å². The van der Waals surface area contributed by atoms with Crippen molar-refractivity contribution < 1.29 is 4.79 Å². The first kappa shape index (κ1) is 16.0. The standard InChI is InChI=1S/C18H28N2O/c1-15(17-10-6-11-19-14-17)13-18(21)20-12-5-9-16-7-3-2-4-8-16/h2-4,7-8,15,17,19H,5-6,9-14H2,1H3,(H,20,21). The molecule has 1 aliphatic heterocycles. The molecule has 3 heteroatoms. The second kappa shape index (κ2) is 8.83. The molecule has 0 spiro atoms. The normalized spacial score (nSPS) is 20.0. The Hall–Kier alpha value is -1.35. The topological polar surface area (TPSA) is 41.1 Å². The molecule has 2 N–H and O–H groups in total. The molecule has 3 nitrogen and oxygen atoms in total. The molecule has 1 saturated heterocycles. The number of benzene rings is 1. The van der Waals surface area contributed by atoms with Crippen molar-refractivity contribution in [3.8, 4) is 0 Å². The molecule has 0 bridgehead atoms. The zero-order valence-electron chi connectivity index (χ0n) is 13.1. The zero-order valence-corrected chi connectivity index (χ0v) is 13.1. The molecule has 1 fully saturated rings. The third-order valence-corrected chi connectivity index (χ3v) is 4.45. The molecule has 1 heterocycles. The molecule has 0 aliphatic carbocycles. The fourth-order valence-corrected chi connectivity index (χ4v) is 3.06. The SMILES string of the molecule is CC(CC(=O)NCCCc1ccccc1)C1CCCNC1. The van der Waals surface area contributed by atoms with Crippen molar-refractivity contribution in [3.63, 3.8) is 0 Å². The lowest BCUT2D eigenvalue weighted by atomic mass is 9.85. The Labute approximate surface area is 128 Å². The Bertz CT molecular complexity index is 412. The quantitative estimate of drug-likeness (QED) is 0.758. The highest BCUT2D eigenvalue weighted by atomic mass is 16.1. The third kappa shape index (κ3) is 5.88. The number of nitrogens with one attached hydrogen (secondary N) is 2. The first-order valence-corrected chi connectivity index (χ1v) is 8.27. The highest BCUT2D eigenvalue weighted by Gasteiger charge is 2.21. The van der Waals surface area contributed by atoms with Crippen LogP contribution in [0.5, 0.6) is 0 Å². The van der Waals surface area contributed by atoms with Gasteiger partial charge in [-0.2, -0.15) is 0 Å². The molecule has 2 atom stereocenters. The minimum atomic E-state index is 0.209. The van der Waals surface area contributed by atoms with Gasteiger partial charge < -0.3 is 10.6 Å².